The van der Waals surface area contributed by atoms with Crippen LogP contribution < -0.4 is 5.32 Å². The van der Waals surface area contributed by atoms with E-state index in [-0.39, 0.29) is 0 Å². The van der Waals surface area contributed by atoms with Gasteiger partial charge in [-0.05, 0) is 49.1 Å². The molecule has 2 rings (SSSR count). The van der Waals surface area contributed by atoms with Gasteiger partial charge in [0.2, 0.25) is 0 Å². The molecule has 1 heterocycles. The van der Waals surface area contributed by atoms with Gasteiger partial charge < -0.3 is 5.32 Å². The summed E-state index contributed by atoms with van der Waals surface area (Å²) in [4.78, 5) is 0. The number of rotatable bonds is 1. The lowest BCUT2D eigenvalue weighted by Gasteiger charge is -2.40. The molecule has 2 aliphatic rings. The molecule has 1 aliphatic carbocycles. The molecule has 1 nitrogen and oxygen atoms in total. The molecule has 0 spiro atoms. The third-order valence-electron chi connectivity index (χ3n) is 5.05. The van der Waals surface area contributed by atoms with Gasteiger partial charge in [-0.15, -0.1) is 0 Å². The summed E-state index contributed by atoms with van der Waals surface area (Å²) < 4.78 is 0. The van der Waals surface area contributed by atoms with Crippen LogP contribution in [-0.4, -0.2) is 13.1 Å². The van der Waals surface area contributed by atoms with Gasteiger partial charge in [0.1, 0.15) is 0 Å². The maximum Gasteiger partial charge on any atom is -0.00120 e. The van der Waals surface area contributed by atoms with Crippen LogP contribution in [0, 0.1) is 23.2 Å². The van der Waals surface area contributed by atoms with Crippen LogP contribution in [0.5, 0.6) is 0 Å². The van der Waals surface area contributed by atoms with Crippen molar-refractivity contribution in [3.05, 3.63) is 0 Å². The Hall–Kier alpha value is -0.0400. The summed E-state index contributed by atoms with van der Waals surface area (Å²) >= 11 is 0. The van der Waals surface area contributed by atoms with Crippen LogP contribution in [0.4, 0.5) is 0 Å². The molecular formula is C13H25N. The van der Waals surface area contributed by atoms with Gasteiger partial charge in [0, 0.05) is 0 Å². The lowest BCUT2D eigenvalue weighted by molar-refractivity contribution is 0.0927. The van der Waals surface area contributed by atoms with E-state index in [1.807, 2.05) is 0 Å². The van der Waals surface area contributed by atoms with Crippen molar-refractivity contribution in [1.82, 2.24) is 5.32 Å². The second kappa shape index (κ2) is 3.84. The van der Waals surface area contributed by atoms with Gasteiger partial charge in [0.05, 0.1) is 0 Å². The maximum absolute atomic E-state index is 3.60. The molecule has 0 bridgehead atoms. The highest BCUT2D eigenvalue weighted by Gasteiger charge is 2.44. The van der Waals surface area contributed by atoms with Crippen molar-refractivity contribution in [3.63, 3.8) is 0 Å². The summed E-state index contributed by atoms with van der Waals surface area (Å²) in [6, 6.07) is 0. The monoisotopic (exact) mass is 195 g/mol. The van der Waals surface area contributed by atoms with Gasteiger partial charge in [-0.2, -0.15) is 0 Å². The zero-order valence-electron chi connectivity index (χ0n) is 9.97. The molecule has 0 aromatic carbocycles. The summed E-state index contributed by atoms with van der Waals surface area (Å²) in [6.07, 6.45) is 5.85. The summed E-state index contributed by atoms with van der Waals surface area (Å²) in [7, 11) is 0. The maximum atomic E-state index is 3.60. The number of hydrogen-bond acceptors (Lipinski definition) is 1. The molecule has 1 N–H and O–H groups in total. The van der Waals surface area contributed by atoms with E-state index in [1.54, 1.807) is 0 Å². The Labute approximate surface area is 88.7 Å². The van der Waals surface area contributed by atoms with Crippen LogP contribution in [0.3, 0.4) is 0 Å². The highest BCUT2D eigenvalue weighted by molar-refractivity contribution is 4.96. The van der Waals surface area contributed by atoms with Gasteiger partial charge in [0.15, 0.2) is 0 Å². The molecule has 82 valence electrons. The number of hydrogen-bond donors (Lipinski definition) is 1. The van der Waals surface area contributed by atoms with Crippen LogP contribution in [0.2, 0.25) is 0 Å². The van der Waals surface area contributed by atoms with E-state index in [9.17, 15) is 0 Å². The average molecular weight is 195 g/mol. The van der Waals surface area contributed by atoms with Gasteiger partial charge in [-0.1, -0.05) is 33.6 Å². The Kier molecular flexibility index (Phi) is 2.88. The first-order valence-electron chi connectivity index (χ1n) is 6.35. The van der Waals surface area contributed by atoms with Crippen LogP contribution >= 0.6 is 0 Å². The Balaban J connectivity index is 2.20. The quantitative estimate of drug-likeness (QED) is 0.678. The molecule has 0 aromatic heterocycles. The highest BCUT2D eigenvalue weighted by Crippen LogP contribution is 2.48. The van der Waals surface area contributed by atoms with E-state index in [4.69, 9.17) is 0 Å². The van der Waals surface area contributed by atoms with E-state index in [0.717, 1.165) is 17.8 Å². The van der Waals surface area contributed by atoms with Crippen molar-refractivity contribution in [3.8, 4) is 0 Å². The Morgan fingerprint density at radius 3 is 2.71 bits per heavy atom. The van der Waals surface area contributed by atoms with Crippen LogP contribution in [0.1, 0.15) is 46.5 Å². The Bertz CT molecular complexity index is 199. The van der Waals surface area contributed by atoms with Gasteiger partial charge in [0.25, 0.3) is 0 Å². The van der Waals surface area contributed by atoms with E-state index in [1.165, 1.54) is 38.8 Å². The zero-order chi connectivity index (χ0) is 10.2. The third kappa shape index (κ3) is 1.60. The molecule has 3 atom stereocenters. The second-order valence-corrected chi connectivity index (χ2v) is 5.93. The summed E-state index contributed by atoms with van der Waals surface area (Å²) in [6.45, 7) is 9.93. The predicted octanol–water partition coefficient (Wildman–Crippen LogP) is 3.06. The molecule has 1 aliphatic heterocycles. The van der Waals surface area contributed by atoms with Crippen molar-refractivity contribution < 1.29 is 0 Å². The van der Waals surface area contributed by atoms with E-state index in [2.05, 4.69) is 26.1 Å². The fourth-order valence-electron chi connectivity index (χ4n) is 3.62. The summed E-state index contributed by atoms with van der Waals surface area (Å²) in [5, 5.41) is 3.60. The minimum Gasteiger partial charge on any atom is -0.316 e. The van der Waals surface area contributed by atoms with Crippen molar-refractivity contribution in [1.29, 1.82) is 0 Å². The predicted molar refractivity (Wildman–Crippen MR) is 61.3 cm³/mol. The molecule has 1 heteroatoms. The van der Waals surface area contributed by atoms with Gasteiger partial charge in [-0.25, -0.2) is 0 Å². The lowest BCUT2D eigenvalue weighted by Crippen LogP contribution is -2.36. The summed E-state index contributed by atoms with van der Waals surface area (Å²) in [5.41, 5.74) is 0.602. The fraction of sp³-hybridized carbons (Fsp3) is 1.00. The van der Waals surface area contributed by atoms with Gasteiger partial charge in [-0.3, -0.25) is 0 Å². The SMILES string of the molecule is CC(C)C1(C)CCCCC2CNCC21. The average Bonchev–Trinajstić information content (AvgIpc) is 2.54. The minimum absolute atomic E-state index is 0.602. The van der Waals surface area contributed by atoms with Crippen molar-refractivity contribution in [2.75, 3.05) is 13.1 Å². The number of nitrogens with one attached hydrogen (secondary N) is 1. The van der Waals surface area contributed by atoms with Gasteiger partial charge >= 0.3 is 0 Å². The molecule has 0 aromatic rings. The van der Waals surface area contributed by atoms with Crippen molar-refractivity contribution in [2.24, 2.45) is 23.2 Å². The molecule has 1 saturated carbocycles. The lowest BCUT2D eigenvalue weighted by atomic mass is 9.64. The first-order chi connectivity index (χ1) is 6.64. The van der Waals surface area contributed by atoms with Crippen LogP contribution in [0.15, 0.2) is 0 Å². The third-order valence-corrected chi connectivity index (χ3v) is 5.05. The molecule has 0 amide bonds. The minimum atomic E-state index is 0.602. The molecule has 3 unspecified atom stereocenters. The smallest absolute Gasteiger partial charge is 0.00120 e. The van der Waals surface area contributed by atoms with E-state index < -0.39 is 0 Å². The standard InChI is InChI=1S/C13H25N/c1-10(2)13(3)7-5-4-6-11-8-14-9-12(11)13/h10-12,14H,4-9H2,1-3H3. The molecule has 0 radical (unpaired) electrons. The van der Waals surface area contributed by atoms with Crippen LogP contribution in [0.25, 0.3) is 0 Å². The number of fused-ring (bicyclic) bond motifs is 1. The second-order valence-electron chi connectivity index (χ2n) is 5.93. The van der Waals surface area contributed by atoms with E-state index in [0.29, 0.717) is 5.41 Å². The largest absolute Gasteiger partial charge is 0.316 e. The van der Waals surface area contributed by atoms with Crippen LogP contribution in [-0.2, 0) is 0 Å². The Morgan fingerprint density at radius 2 is 2.00 bits per heavy atom. The molecule has 1 saturated heterocycles. The first kappa shape index (κ1) is 10.5. The van der Waals surface area contributed by atoms with E-state index >= 15 is 0 Å². The van der Waals surface area contributed by atoms with Crippen molar-refractivity contribution >= 4 is 0 Å². The molecular weight excluding hydrogens is 170 g/mol. The normalized spacial score (nSPS) is 43.7. The topological polar surface area (TPSA) is 12.0 Å². The Morgan fingerprint density at radius 1 is 1.21 bits per heavy atom. The van der Waals surface area contributed by atoms with Crippen molar-refractivity contribution in [2.45, 2.75) is 46.5 Å². The zero-order valence-corrected chi connectivity index (χ0v) is 9.97. The molecule has 14 heavy (non-hydrogen) atoms. The first-order valence-corrected chi connectivity index (χ1v) is 6.35. The fourth-order valence-corrected chi connectivity index (χ4v) is 3.62. The highest BCUT2D eigenvalue weighted by atomic mass is 14.9. The summed E-state index contributed by atoms with van der Waals surface area (Å²) in [5.74, 6) is 2.77. The molecule has 2 fully saturated rings.